The lowest BCUT2D eigenvalue weighted by Gasteiger charge is -2.29. The minimum atomic E-state index is -0.685. The summed E-state index contributed by atoms with van der Waals surface area (Å²) < 4.78 is 0. The van der Waals surface area contributed by atoms with E-state index in [0.29, 0.717) is 12.1 Å². The molecule has 6 heteroatoms. The van der Waals surface area contributed by atoms with Gasteiger partial charge in [-0.3, -0.25) is 14.4 Å². The number of aryl methyl sites for hydroxylation is 1. The molecule has 0 saturated carbocycles. The fourth-order valence-electron chi connectivity index (χ4n) is 2.53. The molecule has 0 aromatic heterocycles. The lowest BCUT2D eigenvalue weighted by molar-refractivity contribution is -0.138. The van der Waals surface area contributed by atoms with Crippen LogP contribution in [0.3, 0.4) is 0 Å². The van der Waals surface area contributed by atoms with Crippen molar-refractivity contribution in [1.82, 2.24) is 15.5 Å². The molecule has 0 saturated heterocycles. The molecule has 0 fully saturated rings. The third-order valence-electron chi connectivity index (χ3n) is 4.01. The summed E-state index contributed by atoms with van der Waals surface area (Å²) in [5.41, 5.74) is 1.57. The van der Waals surface area contributed by atoms with Crippen LogP contribution in [0.1, 0.15) is 50.5 Å². The van der Waals surface area contributed by atoms with Gasteiger partial charge in [-0.1, -0.05) is 31.5 Å². The quantitative estimate of drug-likeness (QED) is 0.744. The van der Waals surface area contributed by atoms with Crippen molar-refractivity contribution in [2.75, 3.05) is 13.1 Å². The monoisotopic (exact) mass is 361 g/mol. The van der Waals surface area contributed by atoms with E-state index < -0.39 is 6.04 Å². The number of benzene rings is 1. The second-order valence-corrected chi connectivity index (χ2v) is 7.14. The second-order valence-electron chi connectivity index (χ2n) is 7.14. The number of hydrogen-bond acceptors (Lipinski definition) is 3. The molecule has 0 heterocycles. The van der Waals surface area contributed by atoms with Crippen LogP contribution < -0.4 is 10.6 Å². The molecule has 3 amide bonds. The summed E-state index contributed by atoms with van der Waals surface area (Å²) in [6.45, 7) is 11.6. The summed E-state index contributed by atoms with van der Waals surface area (Å²) in [6, 6.07) is 6.51. The van der Waals surface area contributed by atoms with E-state index in [4.69, 9.17) is 0 Å². The number of amides is 3. The average molecular weight is 361 g/mol. The molecule has 1 aromatic rings. The van der Waals surface area contributed by atoms with Crippen molar-refractivity contribution < 1.29 is 14.4 Å². The van der Waals surface area contributed by atoms with Gasteiger partial charge >= 0.3 is 0 Å². The average Bonchev–Trinajstić information content (AvgIpc) is 2.56. The standard InChI is InChI=1S/C20H31N3O3/c1-7-23(12-17(24)21-14(4)5)20(26)18(13(2)3)22-19(25)16-10-8-15(6)9-11-16/h8-11,13-14,18H,7,12H2,1-6H3,(H,21,24)(H,22,25). The number of carbonyl (C=O) groups excluding carboxylic acids is 3. The van der Waals surface area contributed by atoms with Crippen molar-refractivity contribution in [3.05, 3.63) is 35.4 Å². The lowest BCUT2D eigenvalue weighted by Crippen LogP contribution is -2.53. The highest BCUT2D eigenvalue weighted by atomic mass is 16.2. The molecule has 1 aromatic carbocycles. The number of nitrogens with one attached hydrogen (secondary N) is 2. The number of rotatable bonds is 8. The van der Waals surface area contributed by atoms with Gasteiger partial charge in [-0.05, 0) is 45.7 Å². The molecule has 26 heavy (non-hydrogen) atoms. The SMILES string of the molecule is CCN(CC(=O)NC(C)C)C(=O)C(NC(=O)c1ccc(C)cc1)C(C)C. The van der Waals surface area contributed by atoms with Gasteiger partial charge in [-0.15, -0.1) is 0 Å². The zero-order chi connectivity index (χ0) is 19.9. The third kappa shape index (κ3) is 6.50. The van der Waals surface area contributed by atoms with Gasteiger partial charge in [0.2, 0.25) is 11.8 Å². The molecular formula is C20H31N3O3. The molecule has 0 aliphatic rings. The molecule has 6 nitrogen and oxygen atoms in total. The summed E-state index contributed by atoms with van der Waals surface area (Å²) in [6.07, 6.45) is 0. The molecule has 1 atom stereocenters. The highest BCUT2D eigenvalue weighted by Gasteiger charge is 2.29. The van der Waals surface area contributed by atoms with E-state index in [2.05, 4.69) is 10.6 Å². The first kappa shape index (κ1) is 21.7. The van der Waals surface area contributed by atoms with Gasteiger partial charge in [0.1, 0.15) is 6.04 Å². The first-order valence-electron chi connectivity index (χ1n) is 9.11. The van der Waals surface area contributed by atoms with E-state index in [1.165, 1.54) is 4.90 Å². The first-order chi connectivity index (χ1) is 12.1. The van der Waals surface area contributed by atoms with Crippen LogP contribution >= 0.6 is 0 Å². The van der Waals surface area contributed by atoms with Crippen molar-refractivity contribution in [3.63, 3.8) is 0 Å². The van der Waals surface area contributed by atoms with Gasteiger partial charge in [-0.2, -0.15) is 0 Å². The van der Waals surface area contributed by atoms with Crippen LogP contribution in [0.25, 0.3) is 0 Å². The van der Waals surface area contributed by atoms with Crippen molar-refractivity contribution in [3.8, 4) is 0 Å². The first-order valence-corrected chi connectivity index (χ1v) is 9.11. The fourth-order valence-corrected chi connectivity index (χ4v) is 2.53. The normalized spacial score (nSPS) is 12.0. The van der Waals surface area contributed by atoms with Crippen molar-refractivity contribution in [2.24, 2.45) is 5.92 Å². The minimum Gasteiger partial charge on any atom is -0.352 e. The van der Waals surface area contributed by atoms with Crippen LogP contribution in [0.2, 0.25) is 0 Å². The van der Waals surface area contributed by atoms with Gasteiger partial charge in [0, 0.05) is 18.2 Å². The van der Waals surface area contributed by atoms with Gasteiger partial charge in [0.25, 0.3) is 5.91 Å². The smallest absolute Gasteiger partial charge is 0.251 e. The molecule has 144 valence electrons. The summed E-state index contributed by atoms with van der Waals surface area (Å²) in [5.74, 6) is -0.844. The van der Waals surface area contributed by atoms with Crippen LogP contribution in [0.5, 0.6) is 0 Å². The Balaban J connectivity index is 2.86. The van der Waals surface area contributed by atoms with E-state index in [-0.39, 0.29) is 36.2 Å². The zero-order valence-electron chi connectivity index (χ0n) is 16.6. The van der Waals surface area contributed by atoms with Crippen LogP contribution in [0.4, 0.5) is 0 Å². The predicted molar refractivity (Wildman–Crippen MR) is 103 cm³/mol. The Hall–Kier alpha value is -2.37. The number of likely N-dealkylation sites (N-methyl/N-ethyl adjacent to an activating group) is 1. The zero-order valence-corrected chi connectivity index (χ0v) is 16.6. The van der Waals surface area contributed by atoms with Gasteiger partial charge < -0.3 is 15.5 Å². The lowest BCUT2D eigenvalue weighted by atomic mass is 10.0. The predicted octanol–water partition coefficient (Wildman–Crippen LogP) is 2.12. The molecule has 2 N–H and O–H groups in total. The Bertz CT molecular complexity index is 624. The van der Waals surface area contributed by atoms with E-state index in [1.807, 2.05) is 53.7 Å². The summed E-state index contributed by atoms with van der Waals surface area (Å²) in [7, 11) is 0. The highest BCUT2D eigenvalue weighted by molar-refractivity contribution is 5.98. The fraction of sp³-hybridized carbons (Fsp3) is 0.550. The molecule has 1 rings (SSSR count). The third-order valence-corrected chi connectivity index (χ3v) is 4.01. The van der Waals surface area contributed by atoms with Crippen LogP contribution in [-0.4, -0.2) is 47.8 Å². The summed E-state index contributed by atoms with van der Waals surface area (Å²) in [5, 5.41) is 5.60. The Morgan fingerprint density at radius 1 is 1.00 bits per heavy atom. The molecule has 0 bridgehead atoms. The van der Waals surface area contributed by atoms with Crippen LogP contribution in [0, 0.1) is 12.8 Å². The largest absolute Gasteiger partial charge is 0.352 e. The van der Waals surface area contributed by atoms with Gasteiger partial charge in [0.15, 0.2) is 0 Å². The molecule has 0 aliphatic heterocycles. The minimum absolute atomic E-state index is 0.0124. The van der Waals surface area contributed by atoms with Gasteiger partial charge in [-0.25, -0.2) is 0 Å². The second kappa shape index (κ2) is 9.94. The topological polar surface area (TPSA) is 78.5 Å². The van der Waals surface area contributed by atoms with E-state index >= 15 is 0 Å². The molecule has 0 aliphatic carbocycles. The molecular weight excluding hydrogens is 330 g/mol. The Kier molecular flexibility index (Phi) is 8.29. The van der Waals surface area contributed by atoms with E-state index in [0.717, 1.165) is 5.56 Å². The highest BCUT2D eigenvalue weighted by Crippen LogP contribution is 2.09. The molecule has 0 spiro atoms. The summed E-state index contributed by atoms with van der Waals surface area (Å²) in [4.78, 5) is 38.9. The maximum Gasteiger partial charge on any atom is 0.251 e. The number of nitrogens with zero attached hydrogens (tertiary/aromatic N) is 1. The number of carbonyl (C=O) groups is 3. The Morgan fingerprint density at radius 3 is 2.04 bits per heavy atom. The maximum absolute atomic E-state index is 12.9. The Morgan fingerprint density at radius 2 is 1.58 bits per heavy atom. The van der Waals surface area contributed by atoms with E-state index in [1.54, 1.807) is 12.1 Å². The van der Waals surface area contributed by atoms with Gasteiger partial charge in [0.05, 0.1) is 6.54 Å². The van der Waals surface area contributed by atoms with Crippen molar-refractivity contribution in [1.29, 1.82) is 0 Å². The molecule has 1 unspecified atom stereocenters. The van der Waals surface area contributed by atoms with E-state index in [9.17, 15) is 14.4 Å². The Labute approximate surface area is 156 Å². The number of hydrogen-bond donors (Lipinski definition) is 2. The molecule has 0 radical (unpaired) electrons. The van der Waals surface area contributed by atoms with Crippen LogP contribution in [0.15, 0.2) is 24.3 Å². The summed E-state index contributed by atoms with van der Waals surface area (Å²) >= 11 is 0. The van der Waals surface area contributed by atoms with Crippen molar-refractivity contribution in [2.45, 2.75) is 53.6 Å². The van der Waals surface area contributed by atoms with Crippen LogP contribution in [-0.2, 0) is 9.59 Å². The maximum atomic E-state index is 12.9. The van der Waals surface area contributed by atoms with Crippen molar-refractivity contribution >= 4 is 17.7 Å².